The minimum absolute atomic E-state index is 0.602. The van der Waals surface area contributed by atoms with E-state index in [-0.39, 0.29) is 0 Å². The number of hydrogen-bond acceptors (Lipinski definition) is 5. The van der Waals surface area contributed by atoms with Crippen LogP contribution in [0.15, 0.2) is 54.7 Å². The number of ether oxygens (including phenoxy) is 2. The summed E-state index contributed by atoms with van der Waals surface area (Å²) in [5, 5.41) is 16.2. The summed E-state index contributed by atoms with van der Waals surface area (Å²) in [4.78, 5) is 2.39. The second-order valence-electron chi connectivity index (χ2n) is 6.43. The molecule has 1 aromatic heterocycles. The number of nitrogens with zero attached hydrogens (tertiary/aromatic N) is 3. The van der Waals surface area contributed by atoms with Crippen LogP contribution in [0.25, 0.3) is 11.3 Å². The van der Waals surface area contributed by atoms with Gasteiger partial charge < -0.3 is 9.47 Å². The molecule has 136 valence electrons. The second-order valence-corrected chi connectivity index (χ2v) is 6.43. The Morgan fingerprint density at radius 1 is 1.15 bits per heavy atom. The summed E-state index contributed by atoms with van der Waals surface area (Å²) in [5.74, 6) is 1.32. The highest BCUT2D eigenvalue weighted by atomic mass is 16.5. The van der Waals surface area contributed by atoms with Crippen LogP contribution in [0.5, 0.6) is 11.5 Å². The Morgan fingerprint density at radius 2 is 1.96 bits per heavy atom. The van der Waals surface area contributed by atoms with Crippen LogP contribution in [0, 0.1) is 11.3 Å². The lowest BCUT2D eigenvalue weighted by Crippen LogP contribution is -2.35. The van der Waals surface area contributed by atoms with E-state index in [2.05, 4.69) is 33.3 Å². The molecule has 1 fully saturated rings. The number of nitriles is 1. The maximum absolute atomic E-state index is 8.91. The standard InChI is InChI=1S/C21H20N4O2/c22-13-16-4-6-19(7-5-16)27-20-14-23-24-21(20)18-3-1-2-17(12-18)15-25-8-10-26-11-9-25/h1-7,12,14H,8-11,15H2,(H,23,24). The van der Waals surface area contributed by atoms with Crippen molar-refractivity contribution in [2.45, 2.75) is 6.54 Å². The molecule has 6 heteroatoms. The minimum atomic E-state index is 0.602. The van der Waals surface area contributed by atoms with Crippen molar-refractivity contribution in [3.8, 4) is 28.8 Å². The Kier molecular flexibility index (Phi) is 5.15. The third kappa shape index (κ3) is 4.17. The minimum Gasteiger partial charge on any atom is -0.453 e. The first-order valence-electron chi connectivity index (χ1n) is 8.93. The molecule has 0 spiro atoms. The first kappa shape index (κ1) is 17.3. The number of H-pyrrole nitrogens is 1. The van der Waals surface area contributed by atoms with Crippen LogP contribution < -0.4 is 4.74 Å². The van der Waals surface area contributed by atoms with Gasteiger partial charge in [0.25, 0.3) is 0 Å². The fourth-order valence-electron chi connectivity index (χ4n) is 3.12. The smallest absolute Gasteiger partial charge is 0.173 e. The van der Waals surface area contributed by atoms with Crippen molar-refractivity contribution >= 4 is 0 Å². The fraction of sp³-hybridized carbons (Fsp3) is 0.238. The van der Waals surface area contributed by atoms with Gasteiger partial charge in [0, 0.05) is 25.2 Å². The van der Waals surface area contributed by atoms with Gasteiger partial charge in [-0.3, -0.25) is 10.00 Å². The molecule has 0 saturated carbocycles. The highest BCUT2D eigenvalue weighted by molar-refractivity contribution is 5.67. The van der Waals surface area contributed by atoms with Gasteiger partial charge in [-0.1, -0.05) is 18.2 Å². The summed E-state index contributed by atoms with van der Waals surface area (Å²) in [7, 11) is 0. The van der Waals surface area contributed by atoms with Crippen LogP contribution in [0.4, 0.5) is 0 Å². The zero-order valence-corrected chi connectivity index (χ0v) is 14.9. The third-order valence-corrected chi connectivity index (χ3v) is 4.53. The lowest BCUT2D eigenvalue weighted by atomic mass is 10.1. The van der Waals surface area contributed by atoms with E-state index in [0.717, 1.165) is 44.1 Å². The Balaban J connectivity index is 1.52. The number of nitrogens with one attached hydrogen (secondary N) is 1. The molecule has 6 nitrogen and oxygen atoms in total. The van der Waals surface area contributed by atoms with Gasteiger partial charge in [-0.05, 0) is 35.9 Å². The number of benzene rings is 2. The van der Waals surface area contributed by atoms with E-state index in [9.17, 15) is 0 Å². The van der Waals surface area contributed by atoms with Crippen molar-refractivity contribution in [2.75, 3.05) is 26.3 Å². The van der Waals surface area contributed by atoms with Crippen molar-refractivity contribution in [3.63, 3.8) is 0 Å². The van der Waals surface area contributed by atoms with E-state index in [0.29, 0.717) is 17.1 Å². The summed E-state index contributed by atoms with van der Waals surface area (Å²) in [5.41, 5.74) is 3.61. The van der Waals surface area contributed by atoms with Crippen molar-refractivity contribution in [3.05, 3.63) is 65.9 Å². The number of aromatic nitrogens is 2. The average Bonchev–Trinajstić information content (AvgIpc) is 3.18. The fourth-order valence-corrected chi connectivity index (χ4v) is 3.12. The lowest BCUT2D eigenvalue weighted by molar-refractivity contribution is 0.0342. The molecule has 1 saturated heterocycles. The van der Waals surface area contributed by atoms with E-state index in [1.54, 1.807) is 30.5 Å². The summed E-state index contributed by atoms with van der Waals surface area (Å²) in [6, 6.07) is 17.5. The highest BCUT2D eigenvalue weighted by Gasteiger charge is 2.14. The molecule has 0 atom stereocenters. The molecule has 1 aliphatic heterocycles. The van der Waals surface area contributed by atoms with Crippen LogP contribution in [-0.2, 0) is 11.3 Å². The topological polar surface area (TPSA) is 74.2 Å². The van der Waals surface area contributed by atoms with E-state index in [1.165, 1.54) is 5.56 Å². The normalized spacial score (nSPS) is 14.6. The molecular weight excluding hydrogens is 340 g/mol. The van der Waals surface area contributed by atoms with Crippen LogP contribution in [0.1, 0.15) is 11.1 Å². The highest BCUT2D eigenvalue weighted by Crippen LogP contribution is 2.32. The molecule has 4 rings (SSSR count). The predicted molar refractivity (Wildman–Crippen MR) is 101 cm³/mol. The molecule has 2 heterocycles. The van der Waals surface area contributed by atoms with Crippen LogP contribution in [0.2, 0.25) is 0 Å². The van der Waals surface area contributed by atoms with Crippen LogP contribution in [0.3, 0.4) is 0 Å². The molecule has 1 N–H and O–H groups in total. The van der Waals surface area contributed by atoms with Gasteiger partial charge in [0.1, 0.15) is 11.4 Å². The molecule has 2 aromatic carbocycles. The average molecular weight is 360 g/mol. The molecule has 0 unspecified atom stereocenters. The summed E-state index contributed by atoms with van der Waals surface area (Å²) in [6.45, 7) is 4.40. The zero-order valence-electron chi connectivity index (χ0n) is 14.9. The summed E-state index contributed by atoms with van der Waals surface area (Å²) in [6.07, 6.45) is 1.74. The van der Waals surface area contributed by atoms with Gasteiger partial charge in [-0.25, -0.2) is 0 Å². The van der Waals surface area contributed by atoms with Gasteiger partial charge in [0.05, 0.1) is 31.0 Å². The Hall–Kier alpha value is -3.14. The molecule has 0 amide bonds. The molecule has 1 aliphatic rings. The van der Waals surface area contributed by atoms with Crippen molar-refractivity contribution < 1.29 is 9.47 Å². The van der Waals surface area contributed by atoms with Crippen LogP contribution >= 0.6 is 0 Å². The summed E-state index contributed by atoms with van der Waals surface area (Å²) >= 11 is 0. The summed E-state index contributed by atoms with van der Waals surface area (Å²) < 4.78 is 11.4. The van der Waals surface area contributed by atoms with Gasteiger partial charge in [-0.15, -0.1) is 0 Å². The first-order chi connectivity index (χ1) is 13.3. The predicted octanol–water partition coefficient (Wildman–Crippen LogP) is 3.57. The lowest BCUT2D eigenvalue weighted by Gasteiger charge is -2.26. The van der Waals surface area contributed by atoms with E-state index < -0.39 is 0 Å². The third-order valence-electron chi connectivity index (χ3n) is 4.53. The number of rotatable bonds is 5. The van der Waals surface area contributed by atoms with E-state index >= 15 is 0 Å². The van der Waals surface area contributed by atoms with Crippen molar-refractivity contribution in [2.24, 2.45) is 0 Å². The number of hydrogen-bond donors (Lipinski definition) is 1. The SMILES string of the molecule is N#Cc1ccc(Oc2c[nH]nc2-c2cccc(CN3CCOCC3)c2)cc1. The monoisotopic (exact) mass is 360 g/mol. The molecule has 3 aromatic rings. The van der Waals surface area contributed by atoms with Gasteiger partial charge in [-0.2, -0.15) is 10.4 Å². The number of aromatic amines is 1. The maximum Gasteiger partial charge on any atom is 0.173 e. The molecule has 0 aliphatic carbocycles. The zero-order chi connectivity index (χ0) is 18.5. The first-order valence-corrected chi connectivity index (χ1v) is 8.93. The maximum atomic E-state index is 8.91. The van der Waals surface area contributed by atoms with Crippen molar-refractivity contribution in [1.82, 2.24) is 15.1 Å². The second kappa shape index (κ2) is 8.04. The van der Waals surface area contributed by atoms with E-state index in [1.807, 2.05) is 12.1 Å². The van der Waals surface area contributed by atoms with Gasteiger partial charge in [0.15, 0.2) is 5.75 Å². The van der Waals surface area contributed by atoms with Gasteiger partial charge >= 0.3 is 0 Å². The van der Waals surface area contributed by atoms with Crippen molar-refractivity contribution in [1.29, 1.82) is 5.26 Å². The Morgan fingerprint density at radius 3 is 2.74 bits per heavy atom. The van der Waals surface area contributed by atoms with Crippen LogP contribution in [-0.4, -0.2) is 41.4 Å². The van der Waals surface area contributed by atoms with E-state index in [4.69, 9.17) is 14.7 Å². The molecule has 0 bridgehead atoms. The largest absolute Gasteiger partial charge is 0.453 e. The molecule has 0 radical (unpaired) electrons. The quantitative estimate of drug-likeness (QED) is 0.753. The molecule has 27 heavy (non-hydrogen) atoms. The molecular formula is C21H20N4O2. The van der Waals surface area contributed by atoms with Gasteiger partial charge in [0.2, 0.25) is 0 Å². The Bertz CT molecular complexity index is 937. The Labute approximate surface area is 158 Å². The number of morpholine rings is 1.